The highest BCUT2D eigenvalue weighted by Gasteiger charge is 2.53. The molecule has 0 unspecified atom stereocenters. The molecule has 1 spiro atoms. The van der Waals surface area contributed by atoms with Gasteiger partial charge in [-0.1, -0.05) is 35.9 Å². The van der Waals surface area contributed by atoms with Crippen LogP contribution in [0.4, 0.5) is 4.79 Å². The molecule has 2 heterocycles. The zero-order chi connectivity index (χ0) is 21.0. The Labute approximate surface area is 177 Å². The third-order valence-electron chi connectivity index (χ3n) is 6.09. The highest BCUT2D eigenvalue weighted by molar-refractivity contribution is 6.32. The van der Waals surface area contributed by atoms with E-state index in [0.717, 1.165) is 29.5 Å². The summed E-state index contributed by atoms with van der Waals surface area (Å²) in [4.78, 5) is 39.7. The van der Waals surface area contributed by atoms with E-state index in [1.54, 1.807) is 12.1 Å². The number of hydrogen-bond acceptors (Lipinski definition) is 4. The maximum absolute atomic E-state index is 13.5. The second-order valence-corrected chi connectivity index (χ2v) is 8.33. The van der Waals surface area contributed by atoms with Crippen molar-refractivity contribution in [1.29, 1.82) is 0 Å². The number of aryl methyl sites for hydroxylation is 2. The third kappa shape index (κ3) is 2.75. The molecule has 1 saturated heterocycles. The van der Waals surface area contributed by atoms with Gasteiger partial charge in [-0.3, -0.25) is 9.69 Å². The first-order chi connectivity index (χ1) is 14.4. The van der Waals surface area contributed by atoms with Gasteiger partial charge in [-0.2, -0.15) is 0 Å². The molecule has 2 aliphatic rings. The quantitative estimate of drug-likeness (QED) is 0.499. The van der Waals surface area contributed by atoms with E-state index in [9.17, 15) is 14.4 Å². The third-order valence-corrected chi connectivity index (χ3v) is 6.50. The SMILES string of the molecule is Cc1cc2oc(=O)cc(CN3C(=O)N[C@]4(CCCc5ccccc54)C3=O)c2cc1Cl. The number of imide groups is 1. The van der Waals surface area contributed by atoms with Crippen LogP contribution in [0.2, 0.25) is 5.02 Å². The number of nitrogens with zero attached hydrogens (tertiary/aromatic N) is 1. The first-order valence-corrected chi connectivity index (χ1v) is 10.2. The van der Waals surface area contributed by atoms with Crippen LogP contribution in [-0.2, 0) is 23.3 Å². The van der Waals surface area contributed by atoms with E-state index in [1.165, 1.54) is 11.0 Å². The number of carbonyl (C=O) groups excluding carboxylic acids is 2. The van der Waals surface area contributed by atoms with E-state index >= 15 is 0 Å². The van der Waals surface area contributed by atoms with Crippen LogP contribution in [0.3, 0.4) is 0 Å². The molecule has 1 aromatic heterocycles. The van der Waals surface area contributed by atoms with Gasteiger partial charge in [0.05, 0.1) is 6.54 Å². The lowest BCUT2D eigenvalue weighted by Crippen LogP contribution is -2.46. The number of halogens is 1. The number of nitrogens with one attached hydrogen (secondary N) is 1. The van der Waals surface area contributed by atoms with Crippen LogP contribution in [0, 0.1) is 6.92 Å². The van der Waals surface area contributed by atoms with Crippen LogP contribution >= 0.6 is 11.6 Å². The molecule has 1 aliphatic heterocycles. The summed E-state index contributed by atoms with van der Waals surface area (Å²) in [6, 6.07) is 12.0. The van der Waals surface area contributed by atoms with E-state index in [0.29, 0.717) is 28.0 Å². The number of amides is 3. The average Bonchev–Trinajstić information content (AvgIpc) is 2.94. The predicted molar refractivity (Wildman–Crippen MR) is 112 cm³/mol. The van der Waals surface area contributed by atoms with Gasteiger partial charge in [0.1, 0.15) is 11.1 Å². The fourth-order valence-corrected chi connectivity index (χ4v) is 4.77. The Kier molecular flexibility index (Phi) is 4.22. The first-order valence-electron chi connectivity index (χ1n) is 9.84. The topological polar surface area (TPSA) is 79.6 Å². The van der Waals surface area contributed by atoms with Crippen molar-refractivity contribution in [3.8, 4) is 0 Å². The number of fused-ring (bicyclic) bond motifs is 3. The molecular weight excluding hydrogens is 404 g/mol. The molecule has 2 aromatic carbocycles. The molecule has 30 heavy (non-hydrogen) atoms. The van der Waals surface area contributed by atoms with Gasteiger partial charge in [-0.25, -0.2) is 9.59 Å². The molecule has 0 radical (unpaired) electrons. The Morgan fingerprint density at radius 3 is 2.80 bits per heavy atom. The number of carbonyl (C=O) groups is 2. The van der Waals surface area contributed by atoms with Crippen molar-refractivity contribution in [3.63, 3.8) is 0 Å². The Balaban J connectivity index is 1.58. The number of hydrogen-bond donors (Lipinski definition) is 1. The summed E-state index contributed by atoms with van der Waals surface area (Å²) in [6.07, 6.45) is 2.24. The van der Waals surface area contributed by atoms with E-state index in [-0.39, 0.29) is 12.5 Å². The summed E-state index contributed by atoms with van der Waals surface area (Å²) >= 11 is 6.27. The first kappa shape index (κ1) is 18.9. The molecule has 1 N–H and O–H groups in total. The molecule has 7 heteroatoms. The number of benzene rings is 2. The summed E-state index contributed by atoms with van der Waals surface area (Å²) in [5, 5.41) is 4.07. The molecule has 0 bridgehead atoms. The molecular formula is C23H19ClN2O4. The van der Waals surface area contributed by atoms with Crippen LogP contribution in [0.5, 0.6) is 0 Å². The van der Waals surface area contributed by atoms with E-state index < -0.39 is 17.2 Å². The molecule has 152 valence electrons. The van der Waals surface area contributed by atoms with Gasteiger partial charge in [0.25, 0.3) is 5.91 Å². The van der Waals surface area contributed by atoms with E-state index in [4.69, 9.17) is 16.0 Å². The van der Waals surface area contributed by atoms with Crippen LogP contribution < -0.4 is 10.9 Å². The van der Waals surface area contributed by atoms with Gasteiger partial charge in [0.2, 0.25) is 0 Å². The molecule has 1 atom stereocenters. The second kappa shape index (κ2) is 6.71. The lowest BCUT2D eigenvalue weighted by molar-refractivity contribution is -0.132. The van der Waals surface area contributed by atoms with Gasteiger partial charge < -0.3 is 9.73 Å². The van der Waals surface area contributed by atoms with Crippen molar-refractivity contribution < 1.29 is 14.0 Å². The van der Waals surface area contributed by atoms with Crippen molar-refractivity contribution in [2.45, 2.75) is 38.3 Å². The summed E-state index contributed by atoms with van der Waals surface area (Å²) in [6.45, 7) is 1.78. The standard InChI is InChI=1S/C23H19ClN2O4/c1-13-9-19-16(11-18(13)24)15(10-20(27)30-19)12-26-21(28)23(25-22(26)29)8-4-6-14-5-2-3-7-17(14)23/h2-3,5,7,9-11H,4,6,8,12H2,1H3,(H,25,29)/t23-/m0/s1. The van der Waals surface area contributed by atoms with Crippen molar-refractivity contribution in [3.05, 3.63) is 80.2 Å². The number of urea groups is 1. The van der Waals surface area contributed by atoms with Gasteiger partial charge in [-0.15, -0.1) is 0 Å². The van der Waals surface area contributed by atoms with E-state index in [1.807, 2.05) is 31.2 Å². The summed E-state index contributed by atoms with van der Waals surface area (Å²) < 4.78 is 5.29. The Morgan fingerprint density at radius 2 is 1.97 bits per heavy atom. The Bertz CT molecular complexity index is 1280. The molecule has 3 amide bonds. The maximum Gasteiger partial charge on any atom is 0.336 e. The molecule has 6 nitrogen and oxygen atoms in total. The van der Waals surface area contributed by atoms with Crippen LogP contribution in [0.1, 0.15) is 35.1 Å². The maximum atomic E-state index is 13.5. The highest BCUT2D eigenvalue weighted by atomic mass is 35.5. The highest BCUT2D eigenvalue weighted by Crippen LogP contribution is 2.40. The van der Waals surface area contributed by atoms with Crippen molar-refractivity contribution in [2.24, 2.45) is 0 Å². The Morgan fingerprint density at radius 1 is 1.17 bits per heavy atom. The summed E-state index contributed by atoms with van der Waals surface area (Å²) in [5.41, 5.74) is 2.02. The predicted octanol–water partition coefficient (Wildman–Crippen LogP) is 4.04. The minimum atomic E-state index is -1.05. The van der Waals surface area contributed by atoms with Crippen LogP contribution in [0.25, 0.3) is 11.0 Å². The average molecular weight is 423 g/mol. The van der Waals surface area contributed by atoms with Gasteiger partial charge >= 0.3 is 11.7 Å². The largest absolute Gasteiger partial charge is 0.423 e. The molecule has 1 fully saturated rings. The van der Waals surface area contributed by atoms with Gasteiger partial charge in [0, 0.05) is 16.5 Å². The van der Waals surface area contributed by atoms with Crippen molar-refractivity contribution in [1.82, 2.24) is 10.2 Å². The van der Waals surface area contributed by atoms with E-state index in [2.05, 4.69) is 5.32 Å². The minimum absolute atomic E-state index is 0.0317. The lowest BCUT2D eigenvalue weighted by atomic mass is 9.76. The smallest absolute Gasteiger partial charge is 0.336 e. The van der Waals surface area contributed by atoms with Crippen LogP contribution in [-0.4, -0.2) is 16.8 Å². The lowest BCUT2D eigenvalue weighted by Gasteiger charge is -2.33. The molecule has 5 rings (SSSR count). The minimum Gasteiger partial charge on any atom is -0.423 e. The zero-order valence-corrected chi connectivity index (χ0v) is 17.1. The monoisotopic (exact) mass is 422 g/mol. The molecule has 0 saturated carbocycles. The zero-order valence-electron chi connectivity index (χ0n) is 16.3. The van der Waals surface area contributed by atoms with Gasteiger partial charge in [0.15, 0.2) is 0 Å². The summed E-state index contributed by atoms with van der Waals surface area (Å²) in [7, 11) is 0. The molecule has 1 aliphatic carbocycles. The normalized spacial score (nSPS) is 20.7. The van der Waals surface area contributed by atoms with Crippen molar-refractivity contribution in [2.75, 3.05) is 0 Å². The molecule has 3 aromatic rings. The van der Waals surface area contributed by atoms with Crippen molar-refractivity contribution >= 4 is 34.5 Å². The van der Waals surface area contributed by atoms with Gasteiger partial charge in [-0.05, 0) is 60.6 Å². The fraction of sp³-hybridized carbons (Fsp3) is 0.261. The second-order valence-electron chi connectivity index (χ2n) is 7.93. The Hall–Kier alpha value is -3.12. The summed E-state index contributed by atoms with van der Waals surface area (Å²) in [5.74, 6) is -0.292. The fourth-order valence-electron chi connectivity index (χ4n) is 4.60. The van der Waals surface area contributed by atoms with Crippen LogP contribution in [0.15, 0.2) is 51.7 Å². The number of rotatable bonds is 2.